The summed E-state index contributed by atoms with van der Waals surface area (Å²) >= 11 is 12.2. The molecule has 0 saturated carbocycles. The van der Waals surface area contributed by atoms with E-state index in [-0.39, 0.29) is 5.78 Å². The van der Waals surface area contributed by atoms with Gasteiger partial charge in [-0.25, -0.2) is 0 Å². The summed E-state index contributed by atoms with van der Waals surface area (Å²) in [7, 11) is 0. The second kappa shape index (κ2) is 7.12. The van der Waals surface area contributed by atoms with Gasteiger partial charge in [0.2, 0.25) is 0 Å². The van der Waals surface area contributed by atoms with E-state index < -0.39 is 0 Å². The predicted octanol–water partition coefficient (Wildman–Crippen LogP) is 8.16. The maximum atomic E-state index is 13.3. The van der Waals surface area contributed by atoms with E-state index in [0.717, 1.165) is 55.6 Å². The van der Waals surface area contributed by atoms with Crippen molar-refractivity contribution in [1.29, 1.82) is 0 Å². The summed E-state index contributed by atoms with van der Waals surface area (Å²) in [5, 5.41) is 1.43. The number of aryl methyl sites for hydroxylation is 2. The Labute approximate surface area is 185 Å². The molecule has 0 bridgehead atoms. The average molecular weight is 429 g/mol. The van der Waals surface area contributed by atoms with Crippen LogP contribution in [0.2, 0.25) is 10.0 Å². The van der Waals surface area contributed by atoms with E-state index in [4.69, 9.17) is 23.2 Å². The summed E-state index contributed by atoms with van der Waals surface area (Å²) < 4.78 is 0. The lowest BCUT2D eigenvalue weighted by Crippen LogP contribution is -1.96. The van der Waals surface area contributed by atoms with Gasteiger partial charge in [0.05, 0.1) is 0 Å². The Bertz CT molecular complexity index is 1250. The molecule has 3 heteroatoms. The molecule has 0 unspecified atom stereocenters. The molecule has 0 N–H and O–H groups in total. The Balaban J connectivity index is 1.59. The van der Waals surface area contributed by atoms with E-state index in [1.165, 1.54) is 0 Å². The zero-order chi connectivity index (χ0) is 21.0. The van der Waals surface area contributed by atoms with Gasteiger partial charge in [0.15, 0.2) is 5.78 Å². The molecule has 4 aromatic rings. The third kappa shape index (κ3) is 3.06. The summed E-state index contributed by atoms with van der Waals surface area (Å²) in [5.74, 6) is 0.0712. The summed E-state index contributed by atoms with van der Waals surface area (Å²) in [6.45, 7) is 4.07. The number of carbonyl (C=O) groups excluding carboxylic acids is 1. The fourth-order valence-electron chi connectivity index (χ4n) is 4.32. The van der Waals surface area contributed by atoms with Crippen LogP contribution in [-0.2, 0) is 0 Å². The standard InChI is InChI=1S/C27H18Cl2O/c1-15-11-19(28)5-9-21(15)17-3-7-23-24-8-4-18(14-26(24)27(30)25(23)13-17)22-10-6-20(29)12-16(22)2/h3-14H,1-2H3. The molecule has 0 spiro atoms. The molecule has 4 aromatic carbocycles. The molecule has 0 amide bonds. The van der Waals surface area contributed by atoms with Gasteiger partial charge >= 0.3 is 0 Å². The molecule has 0 atom stereocenters. The summed E-state index contributed by atoms with van der Waals surface area (Å²) in [6, 6.07) is 23.9. The second-order valence-corrected chi connectivity index (χ2v) is 8.64. The van der Waals surface area contributed by atoms with Crippen LogP contribution in [0.25, 0.3) is 33.4 Å². The van der Waals surface area contributed by atoms with Crippen LogP contribution in [0.1, 0.15) is 27.0 Å². The van der Waals surface area contributed by atoms with Crippen molar-refractivity contribution in [3.8, 4) is 33.4 Å². The van der Waals surface area contributed by atoms with Crippen LogP contribution in [0.3, 0.4) is 0 Å². The molecule has 0 aliphatic heterocycles. The summed E-state index contributed by atoms with van der Waals surface area (Å²) in [4.78, 5) is 13.3. The normalized spacial score (nSPS) is 12.1. The van der Waals surface area contributed by atoms with E-state index in [1.807, 2.05) is 62.4 Å². The quantitative estimate of drug-likeness (QED) is 0.277. The average Bonchev–Trinajstić information content (AvgIpc) is 2.99. The fraction of sp³-hybridized carbons (Fsp3) is 0.0741. The number of hydrogen-bond acceptors (Lipinski definition) is 1. The Hall–Kier alpha value is -2.87. The van der Waals surface area contributed by atoms with Gasteiger partial charge < -0.3 is 0 Å². The number of halogens is 2. The van der Waals surface area contributed by atoms with E-state index >= 15 is 0 Å². The first kappa shape index (κ1) is 19.1. The minimum Gasteiger partial charge on any atom is -0.289 e. The van der Waals surface area contributed by atoms with Crippen LogP contribution in [0, 0.1) is 13.8 Å². The van der Waals surface area contributed by atoms with Gasteiger partial charge in [0, 0.05) is 21.2 Å². The van der Waals surface area contributed by atoms with Gasteiger partial charge in [0.1, 0.15) is 0 Å². The molecule has 1 aliphatic carbocycles. The van der Waals surface area contributed by atoms with Gasteiger partial charge in [-0.2, -0.15) is 0 Å². The topological polar surface area (TPSA) is 17.1 Å². The van der Waals surface area contributed by atoms with Gasteiger partial charge in [0.25, 0.3) is 0 Å². The Morgan fingerprint density at radius 3 is 1.30 bits per heavy atom. The van der Waals surface area contributed by atoms with Crippen molar-refractivity contribution in [2.24, 2.45) is 0 Å². The monoisotopic (exact) mass is 428 g/mol. The molecule has 0 radical (unpaired) electrons. The van der Waals surface area contributed by atoms with Gasteiger partial charge in [-0.05, 0) is 94.8 Å². The van der Waals surface area contributed by atoms with E-state index in [9.17, 15) is 4.79 Å². The molecule has 30 heavy (non-hydrogen) atoms. The summed E-state index contributed by atoms with van der Waals surface area (Å²) in [6.07, 6.45) is 0. The fourth-order valence-corrected chi connectivity index (χ4v) is 4.77. The lowest BCUT2D eigenvalue weighted by Gasteiger charge is -2.09. The number of benzene rings is 4. The van der Waals surface area contributed by atoms with Crippen molar-refractivity contribution in [3.05, 3.63) is 105 Å². The van der Waals surface area contributed by atoms with Gasteiger partial charge in [-0.1, -0.05) is 59.6 Å². The van der Waals surface area contributed by atoms with Crippen LogP contribution in [-0.4, -0.2) is 5.78 Å². The highest BCUT2D eigenvalue weighted by Gasteiger charge is 2.27. The van der Waals surface area contributed by atoms with Crippen LogP contribution >= 0.6 is 23.2 Å². The first-order valence-electron chi connectivity index (χ1n) is 9.78. The van der Waals surface area contributed by atoms with E-state index in [0.29, 0.717) is 10.0 Å². The van der Waals surface area contributed by atoms with Crippen LogP contribution in [0.15, 0.2) is 72.8 Å². The first-order valence-corrected chi connectivity index (χ1v) is 10.5. The van der Waals surface area contributed by atoms with Crippen molar-refractivity contribution in [2.75, 3.05) is 0 Å². The lowest BCUT2D eigenvalue weighted by molar-refractivity contribution is 0.104. The third-order valence-corrected chi connectivity index (χ3v) is 6.29. The molecular formula is C27H18Cl2O. The zero-order valence-electron chi connectivity index (χ0n) is 16.6. The van der Waals surface area contributed by atoms with Crippen LogP contribution in [0.5, 0.6) is 0 Å². The number of carbonyl (C=O) groups is 1. The van der Waals surface area contributed by atoms with Crippen molar-refractivity contribution in [1.82, 2.24) is 0 Å². The minimum absolute atomic E-state index is 0.0712. The molecule has 146 valence electrons. The van der Waals surface area contributed by atoms with Crippen molar-refractivity contribution < 1.29 is 4.79 Å². The molecule has 0 fully saturated rings. The van der Waals surface area contributed by atoms with Crippen LogP contribution in [0.4, 0.5) is 0 Å². The van der Waals surface area contributed by atoms with Crippen molar-refractivity contribution >= 4 is 29.0 Å². The molecule has 5 rings (SSSR count). The Morgan fingerprint density at radius 1 is 0.500 bits per heavy atom. The van der Waals surface area contributed by atoms with Gasteiger partial charge in [-0.3, -0.25) is 4.79 Å². The SMILES string of the molecule is Cc1cc(Cl)ccc1-c1ccc2c(c1)C(=O)c1cc(-c3ccc(Cl)cc3C)ccc1-2. The Kier molecular flexibility index (Phi) is 4.54. The van der Waals surface area contributed by atoms with Gasteiger partial charge in [-0.15, -0.1) is 0 Å². The highest BCUT2D eigenvalue weighted by Crippen LogP contribution is 2.41. The number of fused-ring (bicyclic) bond motifs is 3. The molecule has 1 nitrogen and oxygen atoms in total. The minimum atomic E-state index is 0.0712. The van der Waals surface area contributed by atoms with E-state index in [1.54, 1.807) is 0 Å². The smallest absolute Gasteiger partial charge is 0.194 e. The number of rotatable bonds is 2. The Morgan fingerprint density at radius 2 is 0.900 bits per heavy atom. The first-order chi connectivity index (χ1) is 14.4. The summed E-state index contributed by atoms with van der Waals surface area (Å²) in [5.41, 5.74) is 9.89. The lowest BCUT2D eigenvalue weighted by atomic mass is 9.95. The predicted molar refractivity (Wildman–Crippen MR) is 126 cm³/mol. The molecule has 0 saturated heterocycles. The third-order valence-electron chi connectivity index (χ3n) is 5.82. The maximum absolute atomic E-state index is 13.3. The zero-order valence-corrected chi connectivity index (χ0v) is 18.1. The molecular weight excluding hydrogens is 411 g/mol. The molecule has 1 aliphatic rings. The van der Waals surface area contributed by atoms with Crippen molar-refractivity contribution in [3.63, 3.8) is 0 Å². The molecule has 0 heterocycles. The van der Waals surface area contributed by atoms with E-state index in [2.05, 4.69) is 24.3 Å². The highest BCUT2D eigenvalue weighted by molar-refractivity contribution is 6.31. The number of hydrogen-bond donors (Lipinski definition) is 0. The second-order valence-electron chi connectivity index (χ2n) is 7.77. The molecule has 0 aromatic heterocycles. The largest absolute Gasteiger partial charge is 0.289 e. The van der Waals surface area contributed by atoms with Crippen LogP contribution < -0.4 is 0 Å². The van der Waals surface area contributed by atoms with Crippen molar-refractivity contribution in [2.45, 2.75) is 13.8 Å². The maximum Gasteiger partial charge on any atom is 0.194 e. The number of ketones is 1. The highest BCUT2D eigenvalue weighted by atomic mass is 35.5.